The lowest BCUT2D eigenvalue weighted by Gasteiger charge is -2.35. The number of urea groups is 1. The minimum Gasteiger partial charge on any atom is -0.335 e. The van der Waals surface area contributed by atoms with Crippen molar-refractivity contribution in [3.05, 3.63) is 30.1 Å². The largest absolute Gasteiger partial charge is 0.335 e. The quantitative estimate of drug-likeness (QED) is 0.871. The van der Waals surface area contributed by atoms with E-state index in [2.05, 4.69) is 12.2 Å². The molecule has 1 aromatic rings. The van der Waals surface area contributed by atoms with Gasteiger partial charge in [0.15, 0.2) is 0 Å². The first-order valence-corrected chi connectivity index (χ1v) is 10.6. The number of hydrogen-bond donors (Lipinski definition) is 1. The summed E-state index contributed by atoms with van der Waals surface area (Å²) in [6, 6.07) is 5.45. The monoisotopic (exact) mass is 383 g/mol. The van der Waals surface area contributed by atoms with Crippen LogP contribution in [0.15, 0.2) is 29.2 Å². The molecule has 6 nitrogen and oxygen atoms in total. The zero-order valence-corrected chi connectivity index (χ0v) is 15.8. The van der Waals surface area contributed by atoms with Crippen LogP contribution in [0.3, 0.4) is 0 Å². The molecule has 0 unspecified atom stereocenters. The SMILES string of the molecule is CC1CCC(NC(=O)N2CCN(S(=O)(=O)c3ccccc3F)CC2)CC1. The molecule has 144 valence electrons. The van der Waals surface area contributed by atoms with E-state index in [9.17, 15) is 17.6 Å². The van der Waals surface area contributed by atoms with Crippen LogP contribution in [-0.4, -0.2) is 55.9 Å². The maximum atomic E-state index is 13.9. The maximum Gasteiger partial charge on any atom is 0.317 e. The number of piperazine rings is 1. The molecular weight excluding hydrogens is 357 g/mol. The Labute approximate surface area is 154 Å². The van der Waals surface area contributed by atoms with Crippen molar-refractivity contribution in [2.24, 2.45) is 5.92 Å². The van der Waals surface area contributed by atoms with Gasteiger partial charge in [0.25, 0.3) is 0 Å². The highest BCUT2D eigenvalue weighted by atomic mass is 32.2. The number of benzene rings is 1. The van der Waals surface area contributed by atoms with Crippen LogP contribution in [-0.2, 0) is 10.0 Å². The van der Waals surface area contributed by atoms with Gasteiger partial charge in [-0.1, -0.05) is 19.1 Å². The zero-order valence-electron chi connectivity index (χ0n) is 15.0. The number of amides is 2. The van der Waals surface area contributed by atoms with Crippen molar-refractivity contribution in [1.82, 2.24) is 14.5 Å². The van der Waals surface area contributed by atoms with Crippen molar-refractivity contribution in [3.8, 4) is 0 Å². The Hall–Kier alpha value is -1.67. The van der Waals surface area contributed by atoms with E-state index in [0.717, 1.165) is 37.7 Å². The van der Waals surface area contributed by atoms with E-state index < -0.39 is 15.8 Å². The number of nitrogens with zero attached hydrogens (tertiary/aromatic N) is 2. The van der Waals surface area contributed by atoms with Gasteiger partial charge in [0.1, 0.15) is 10.7 Å². The summed E-state index contributed by atoms with van der Waals surface area (Å²) < 4.78 is 40.3. The smallest absolute Gasteiger partial charge is 0.317 e. The third-order valence-electron chi connectivity index (χ3n) is 5.32. The first kappa shape index (κ1) is 19.1. The molecule has 1 aromatic carbocycles. The maximum absolute atomic E-state index is 13.9. The second-order valence-electron chi connectivity index (χ2n) is 7.23. The van der Waals surface area contributed by atoms with Crippen LogP contribution in [0.25, 0.3) is 0 Å². The van der Waals surface area contributed by atoms with E-state index >= 15 is 0 Å². The average Bonchev–Trinajstić information content (AvgIpc) is 2.64. The molecule has 0 spiro atoms. The van der Waals surface area contributed by atoms with Crippen LogP contribution in [0.5, 0.6) is 0 Å². The number of carbonyl (C=O) groups excluding carboxylic acids is 1. The highest BCUT2D eigenvalue weighted by Gasteiger charge is 2.32. The summed E-state index contributed by atoms with van der Waals surface area (Å²) >= 11 is 0. The highest BCUT2D eigenvalue weighted by Crippen LogP contribution is 2.24. The normalized spacial score (nSPS) is 25.1. The van der Waals surface area contributed by atoms with Crippen molar-refractivity contribution in [1.29, 1.82) is 0 Å². The summed E-state index contributed by atoms with van der Waals surface area (Å²) in [7, 11) is -3.88. The minimum atomic E-state index is -3.88. The van der Waals surface area contributed by atoms with Crippen LogP contribution in [0, 0.1) is 11.7 Å². The minimum absolute atomic E-state index is 0.132. The molecule has 1 saturated carbocycles. The molecule has 0 bridgehead atoms. The van der Waals surface area contributed by atoms with Gasteiger partial charge < -0.3 is 10.2 Å². The fourth-order valence-electron chi connectivity index (χ4n) is 3.59. The summed E-state index contributed by atoms with van der Waals surface area (Å²) in [5.74, 6) is -0.0329. The predicted octanol–water partition coefficient (Wildman–Crippen LogP) is 2.42. The van der Waals surface area contributed by atoms with E-state index in [1.165, 1.54) is 22.5 Å². The van der Waals surface area contributed by atoms with Crippen LogP contribution < -0.4 is 5.32 Å². The van der Waals surface area contributed by atoms with Gasteiger partial charge in [-0.05, 0) is 43.7 Å². The van der Waals surface area contributed by atoms with E-state index in [4.69, 9.17) is 0 Å². The number of halogens is 1. The Balaban J connectivity index is 1.55. The molecule has 1 heterocycles. The molecule has 1 saturated heterocycles. The molecule has 3 rings (SSSR count). The Morgan fingerprint density at radius 2 is 1.69 bits per heavy atom. The molecule has 1 aliphatic carbocycles. The first-order valence-electron chi connectivity index (χ1n) is 9.18. The van der Waals surface area contributed by atoms with Gasteiger partial charge in [-0.3, -0.25) is 0 Å². The lowest BCUT2D eigenvalue weighted by molar-refractivity contribution is 0.164. The van der Waals surface area contributed by atoms with Gasteiger partial charge >= 0.3 is 6.03 Å². The Bertz CT molecular complexity index is 740. The molecule has 2 aliphatic rings. The van der Waals surface area contributed by atoms with Crippen molar-refractivity contribution in [2.75, 3.05) is 26.2 Å². The molecule has 26 heavy (non-hydrogen) atoms. The van der Waals surface area contributed by atoms with Crippen molar-refractivity contribution < 1.29 is 17.6 Å². The molecule has 8 heteroatoms. The van der Waals surface area contributed by atoms with E-state index in [0.29, 0.717) is 13.1 Å². The fraction of sp³-hybridized carbons (Fsp3) is 0.611. The van der Waals surface area contributed by atoms with Gasteiger partial charge in [0, 0.05) is 32.2 Å². The summed E-state index contributed by atoms with van der Waals surface area (Å²) in [5, 5.41) is 3.06. The molecule has 2 amide bonds. The van der Waals surface area contributed by atoms with Crippen LogP contribution in [0.4, 0.5) is 9.18 Å². The number of nitrogens with one attached hydrogen (secondary N) is 1. The summed E-state index contributed by atoms with van der Waals surface area (Å²) in [4.78, 5) is 13.7. The molecule has 1 N–H and O–H groups in total. The number of hydrogen-bond acceptors (Lipinski definition) is 3. The molecule has 2 fully saturated rings. The summed E-state index contributed by atoms with van der Waals surface area (Å²) in [5.41, 5.74) is 0. The molecule has 1 aliphatic heterocycles. The topological polar surface area (TPSA) is 69.7 Å². The number of carbonyl (C=O) groups is 1. The first-order chi connectivity index (χ1) is 12.4. The zero-order chi connectivity index (χ0) is 18.7. The Morgan fingerprint density at radius 3 is 2.31 bits per heavy atom. The Morgan fingerprint density at radius 1 is 1.08 bits per heavy atom. The van der Waals surface area contributed by atoms with Crippen molar-refractivity contribution in [3.63, 3.8) is 0 Å². The predicted molar refractivity (Wildman–Crippen MR) is 96.7 cm³/mol. The standard InChI is InChI=1S/C18H26FN3O3S/c1-14-6-8-15(9-7-14)20-18(23)21-10-12-22(13-11-21)26(24,25)17-5-3-2-4-16(17)19/h2-5,14-15H,6-13H2,1H3,(H,20,23). The second-order valence-corrected chi connectivity index (χ2v) is 9.13. The van der Waals surface area contributed by atoms with Gasteiger partial charge in [-0.25, -0.2) is 17.6 Å². The van der Waals surface area contributed by atoms with Crippen molar-refractivity contribution >= 4 is 16.1 Å². The second kappa shape index (κ2) is 7.92. The number of sulfonamides is 1. The lowest BCUT2D eigenvalue weighted by atomic mass is 9.87. The molecular formula is C18H26FN3O3S. The lowest BCUT2D eigenvalue weighted by Crippen LogP contribution is -2.54. The van der Waals surface area contributed by atoms with Crippen LogP contribution >= 0.6 is 0 Å². The molecule has 0 aromatic heterocycles. The number of rotatable bonds is 3. The van der Waals surface area contributed by atoms with Gasteiger partial charge in [0.05, 0.1) is 0 Å². The third kappa shape index (κ3) is 4.17. The van der Waals surface area contributed by atoms with Crippen LogP contribution in [0.2, 0.25) is 0 Å². The van der Waals surface area contributed by atoms with Gasteiger partial charge in [-0.15, -0.1) is 0 Å². The molecule has 0 atom stereocenters. The van der Waals surface area contributed by atoms with E-state index in [1.54, 1.807) is 4.90 Å². The van der Waals surface area contributed by atoms with E-state index in [-0.39, 0.29) is 30.1 Å². The third-order valence-corrected chi connectivity index (χ3v) is 7.26. The highest BCUT2D eigenvalue weighted by molar-refractivity contribution is 7.89. The average molecular weight is 383 g/mol. The Kier molecular flexibility index (Phi) is 5.82. The van der Waals surface area contributed by atoms with Gasteiger partial charge in [-0.2, -0.15) is 4.31 Å². The van der Waals surface area contributed by atoms with Crippen molar-refractivity contribution in [2.45, 2.75) is 43.5 Å². The molecule has 0 radical (unpaired) electrons. The summed E-state index contributed by atoms with van der Waals surface area (Å²) in [6.45, 7) is 3.19. The van der Waals surface area contributed by atoms with Gasteiger partial charge in [0.2, 0.25) is 10.0 Å². The van der Waals surface area contributed by atoms with Crippen LogP contribution in [0.1, 0.15) is 32.6 Å². The fourth-order valence-corrected chi connectivity index (χ4v) is 5.08. The summed E-state index contributed by atoms with van der Waals surface area (Å²) in [6.07, 6.45) is 4.24. The van der Waals surface area contributed by atoms with E-state index in [1.807, 2.05) is 0 Å².